The monoisotopic (exact) mass is 360 g/mol. The van der Waals surface area contributed by atoms with Gasteiger partial charge in [0, 0.05) is 12.1 Å². The zero-order chi connectivity index (χ0) is 19.5. The first-order valence-corrected chi connectivity index (χ1v) is 8.92. The van der Waals surface area contributed by atoms with E-state index in [1.807, 2.05) is 45.0 Å². The Hall–Kier alpha value is -2.41. The van der Waals surface area contributed by atoms with Gasteiger partial charge >= 0.3 is 6.03 Å². The van der Waals surface area contributed by atoms with E-state index in [-0.39, 0.29) is 6.54 Å². The molecule has 1 aliphatic rings. The van der Waals surface area contributed by atoms with Gasteiger partial charge < -0.3 is 16.4 Å². The normalized spacial score (nSPS) is 20.3. The molecule has 1 fully saturated rings. The summed E-state index contributed by atoms with van der Waals surface area (Å²) in [6, 6.07) is 6.81. The molecular weight excluding hydrogens is 332 g/mol. The van der Waals surface area contributed by atoms with Gasteiger partial charge in [0.25, 0.3) is 5.91 Å². The van der Waals surface area contributed by atoms with E-state index in [1.165, 1.54) is 0 Å². The first kappa shape index (κ1) is 19.9. The van der Waals surface area contributed by atoms with Gasteiger partial charge in [-0.1, -0.05) is 43.7 Å². The Labute approximate surface area is 154 Å². The molecule has 1 aromatic carbocycles. The predicted octanol–water partition coefficient (Wildman–Crippen LogP) is 1.40. The summed E-state index contributed by atoms with van der Waals surface area (Å²) in [5.74, 6) is -0.843. The number of nitrogens with one attached hydrogen (secondary N) is 2. The standard InChI is InChI=1S/C19H28N4O3/c1-5-19(20,6-2)12-21-15(24)11-23-16(25)18(4,22-17(23)26)14-9-7-13(3)8-10-14/h7-10H,5-6,11-12,20H2,1-4H3,(H,21,24)(H,22,26). The van der Waals surface area contributed by atoms with Crippen molar-refractivity contribution in [3.63, 3.8) is 0 Å². The first-order valence-electron chi connectivity index (χ1n) is 8.92. The molecule has 1 heterocycles. The minimum Gasteiger partial charge on any atom is -0.353 e. The van der Waals surface area contributed by atoms with Gasteiger partial charge in [0.05, 0.1) is 0 Å². The van der Waals surface area contributed by atoms with E-state index in [4.69, 9.17) is 5.73 Å². The SMILES string of the molecule is CCC(N)(CC)CNC(=O)CN1C(=O)NC(C)(c2ccc(C)cc2)C1=O. The molecule has 1 unspecified atom stereocenters. The zero-order valence-electron chi connectivity index (χ0n) is 15.9. The number of hydrogen-bond donors (Lipinski definition) is 3. The van der Waals surface area contributed by atoms with Crippen molar-refractivity contribution in [1.29, 1.82) is 0 Å². The lowest BCUT2D eigenvalue weighted by Gasteiger charge is -2.27. The van der Waals surface area contributed by atoms with E-state index < -0.39 is 28.9 Å². The minimum atomic E-state index is -1.17. The van der Waals surface area contributed by atoms with E-state index in [2.05, 4.69) is 10.6 Å². The number of carbonyl (C=O) groups excluding carboxylic acids is 3. The molecule has 1 aliphatic heterocycles. The summed E-state index contributed by atoms with van der Waals surface area (Å²) in [5.41, 5.74) is 6.25. The molecule has 7 heteroatoms. The quantitative estimate of drug-likeness (QED) is 0.639. The summed E-state index contributed by atoms with van der Waals surface area (Å²) < 4.78 is 0. The second kappa shape index (κ2) is 7.45. The molecule has 2 rings (SSSR count). The van der Waals surface area contributed by atoms with E-state index in [1.54, 1.807) is 6.92 Å². The fourth-order valence-electron chi connectivity index (χ4n) is 2.90. The van der Waals surface area contributed by atoms with Crippen molar-refractivity contribution in [2.75, 3.05) is 13.1 Å². The summed E-state index contributed by atoms with van der Waals surface area (Å²) >= 11 is 0. The highest BCUT2D eigenvalue weighted by atomic mass is 16.2. The highest BCUT2D eigenvalue weighted by molar-refractivity contribution is 6.09. The summed E-state index contributed by atoms with van der Waals surface area (Å²) in [7, 11) is 0. The molecule has 4 amide bonds. The molecule has 0 aliphatic carbocycles. The fourth-order valence-corrected chi connectivity index (χ4v) is 2.90. The fraction of sp³-hybridized carbons (Fsp3) is 0.526. The van der Waals surface area contributed by atoms with Crippen molar-refractivity contribution in [3.8, 4) is 0 Å². The van der Waals surface area contributed by atoms with Crippen molar-refractivity contribution in [3.05, 3.63) is 35.4 Å². The number of hydrogen-bond acceptors (Lipinski definition) is 4. The molecule has 142 valence electrons. The van der Waals surface area contributed by atoms with Gasteiger partial charge in [0.2, 0.25) is 5.91 Å². The Balaban J connectivity index is 2.07. The van der Waals surface area contributed by atoms with Crippen LogP contribution in [0.1, 0.15) is 44.7 Å². The van der Waals surface area contributed by atoms with E-state index in [9.17, 15) is 14.4 Å². The largest absolute Gasteiger partial charge is 0.353 e. The topological polar surface area (TPSA) is 105 Å². The van der Waals surface area contributed by atoms with Crippen LogP contribution in [0.3, 0.4) is 0 Å². The number of urea groups is 1. The van der Waals surface area contributed by atoms with Gasteiger partial charge in [0.1, 0.15) is 12.1 Å². The maximum Gasteiger partial charge on any atom is 0.325 e. The lowest BCUT2D eigenvalue weighted by atomic mass is 9.91. The number of rotatable bonds is 7. The van der Waals surface area contributed by atoms with Gasteiger partial charge in [-0.2, -0.15) is 0 Å². The highest BCUT2D eigenvalue weighted by Crippen LogP contribution is 2.28. The van der Waals surface area contributed by atoms with Crippen LogP contribution >= 0.6 is 0 Å². The third kappa shape index (κ3) is 3.88. The van der Waals surface area contributed by atoms with Crippen molar-refractivity contribution in [1.82, 2.24) is 15.5 Å². The average molecular weight is 360 g/mol. The molecule has 7 nitrogen and oxygen atoms in total. The van der Waals surface area contributed by atoms with Crippen LogP contribution in [0.5, 0.6) is 0 Å². The number of nitrogens with zero attached hydrogens (tertiary/aromatic N) is 1. The van der Waals surface area contributed by atoms with E-state index in [0.717, 1.165) is 23.3 Å². The third-order valence-electron chi connectivity index (χ3n) is 5.25. The maximum atomic E-state index is 12.8. The maximum absolute atomic E-state index is 12.8. The Kier molecular flexibility index (Phi) is 5.71. The lowest BCUT2D eigenvalue weighted by Crippen LogP contribution is -2.51. The van der Waals surface area contributed by atoms with Crippen LogP contribution in [-0.4, -0.2) is 41.4 Å². The zero-order valence-corrected chi connectivity index (χ0v) is 15.9. The van der Waals surface area contributed by atoms with E-state index >= 15 is 0 Å². The molecule has 1 atom stereocenters. The van der Waals surface area contributed by atoms with Crippen LogP contribution < -0.4 is 16.4 Å². The lowest BCUT2D eigenvalue weighted by molar-refractivity contribution is -0.134. The second-order valence-corrected chi connectivity index (χ2v) is 7.16. The summed E-state index contributed by atoms with van der Waals surface area (Å²) in [4.78, 5) is 38.3. The molecule has 0 radical (unpaired) electrons. The van der Waals surface area contributed by atoms with Crippen molar-refractivity contribution < 1.29 is 14.4 Å². The molecule has 1 aromatic rings. The minimum absolute atomic E-state index is 0.303. The van der Waals surface area contributed by atoms with Crippen molar-refractivity contribution in [2.45, 2.75) is 51.6 Å². The van der Waals surface area contributed by atoms with Crippen LogP contribution in [0, 0.1) is 6.92 Å². The Bertz CT molecular complexity index is 697. The van der Waals surface area contributed by atoms with Gasteiger partial charge in [-0.25, -0.2) is 4.79 Å². The molecule has 1 saturated heterocycles. The Morgan fingerprint density at radius 1 is 1.23 bits per heavy atom. The van der Waals surface area contributed by atoms with Crippen LogP contribution in [0.15, 0.2) is 24.3 Å². The number of nitrogens with two attached hydrogens (primary N) is 1. The Morgan fingerprint density at radius 2 is 1.81 bits per heavy atom. The summed E-state index contributed by atoms with van der Waals surface area (Å²) in [5, 5.41) is 5.43. The van der Waals surface area contributed by atoms with Crippen LogP contribution in [0.25, 0.3) is 0 Å². The van der Waals surface area contributed by atoms with Crippen LogP contribution in [0.4, 0.5) is 4.79 Å². The molecule has 0 aromatic heterocycles. The first-order chi connectivity index (χ1) is 12.1. The van der Waals surface area contributed by atoms with E-state index in [0.29, 0.717) is 12.1 Å². The molecular formula is C19H28N4O3. The second-order valence-electron chi connectivity index (χ2n) is 7.16. The van der Waals surface area contributed by atoms with Crippen molar-refractivity contribution >= 4 is 17.8 Å². The van der Waals surface area contributed by atoms with Gasteiger partial charge in [-0.15, -0.1) is 0 Å². The average Bonchev–Trinajstić information content (AvgIpc) is 2.84. The number of imide groups is 1. The van der Waals surface area contributed by atoms with Crippen LogP contribution in [0.2, 0.25) is 0 Å². The van der Waals surface area contributed by atoms with Crippen molar-refractivity contribution in [2.24, 2.45) is 5.73 Å². The number of benzene rings is 1. The third-order valence-corrected chi connectivity index (χ3v) is 5.25. The molecule has 0 bridgehead atoms. The predicted molar refractivity (Wildman–Crippen MR) is 99.3 cm³/mol. The molecule has 0 saturated carbocycles. The highest BCUT2D eigenvalue weighted by Gasteiger charge is 2.49. The molecule has 4 N–H and O–H groups in total. The smallest absolute Gasteiger partial charge is 0.325 e. The molecule has 26 heavy (non-hydrogen) atoms. The number of aryl methyl sites for hydroxylation is 1. The van der Waals surface area contributed by atoms with Gasteiger partial charge in [-0.3, -0.25) is 14.5 Å². The number of amides is 4. The number of carbonyl (C=O) groups is 3. The molecule has 0 spiro atoms. The van der Waals surface area contributed by atoms with Gasteiger partial charge in [-0.05, 0) is 32.3 Å². The summed E-state index contributed by atoms with van der Waals surface area (Å²) in [6.45, 7) is 7.49. The Morgan fingerprint density at radius 3 is 2.35 bits per heavy atom. The van der Waals surface area contributed by atoms with Gasteiger partial charge in [0.15, 0.2) is 0 Å². The van der Waals surface area contributed by atoms with Crippen LogP contribution in [-0.2, 0) is 15.1 Å². The summed E-state index contributed by atoms with van der Waals surface area (Å²) in [6.07, 6.45) is 1.44.